The van der Waals surface area contributed by atoms with Gasteiger partial charge in [-0.1, -0.05) is 30.0 Å². The number of carbonyl (C=O) groups is 2. The van der Waals surface area contributed by atoms with E-state index in [2.05, 4.69) is 36.2 Å². The lowest BCUT2D eigenvalue weighted by Gasteiger charge is -2.10. The summed E-state index contributed by atoms with van der Waals surface area (Å²) < 4.78 is 0.359. The molecule has 0 spiro atoms. The molecule has 1 aromatic carbocycles. The van der Waals surface area contributed by atoms with Gasteiger partial charge in [0.05, 0.1) is 11.8 Å². The maximum absolute atomic E-state index is 10.9. The molecule has 0 radical (unpaired) electrons. The summed E-state index contributed by atoms with van der Waals surface area (Å²) in [5.74, 6) is -0.989. The second-order valence-electron chi connectivity index (χ2n) is 4.66. The number of nitrogens with one attached hydrogen (secondary N) is 1. The Labute approximate surface area is 160 Å². The molecule has 0 bridgehead atoms. The van der Waals surface area contributed by atoms with Crippen LogP contribution in [0.25, 0.3) is 10.9 Å². The number of rotatable bonds is 2. The van der Waals surface area contributed by atoms with Crippen molar-refractivity contribution >= 4 is 51.1 Å². The van der Waals surface area contributed by atoms with Gasteiger partial charge in [-0.3, -0.25) is 19.5 Å². The van der Waals surface area contributed by atoms with E-state index in [0.717, 1.165) is 4.90 Å². The summed E-state index contributed by atoms with van der Waals surface area (Å²) in [4.78, 5) is 25.4. The molecule has 1 saturated heterocycles. The summed E-state index contributed by atoms with van der Waals surface area (Å²) >= 11 is 5.94. The largest absolute Gasteiger partial charge is 1.00 e. The summed E-state index contributed by atoms with van der Waals surface area (Å²) in [6, 6.07) is 12.5. The monoisotopic (exact) mass is 462 g/mol. The number of pyridine rings is 1. The summed E-state index contributed by atoms with van der Waals surface area (Å²) in [6.45, 7) is 1.75. The number of para-hydroxylation sites is 1. The van der Waals surface area contributed by atoms with Crippen molar-refractivity contribution in [3.8, 4) is 0 Å². The number of nitrogens with zero attached hydrogens (tertiary/aromatic N) is 1. The zero-order valence-corrected chi connectivity index (χ0v) is 16.1. The first-order chi connectivity index (χ1) is 10.5. The lowest BCUT2D eigenvalue weighted by molar-refractivity contribution is -0.140. The van der Waals surface area contributed by atoms with Gasteiger partial charge < -0.3 is 29.1 Å². The minimum atomic E-state index is -1.04. The van der Waals surface area contributed by atoms with Gasteiger partial charge in [0.15, 0.2) is 0 Å². The molecule has 8 heteroatoms. The molecule has 1 amide bonds. The number of fused-ring (bicyclic) bond motifs is 1. The first-order valence-corrected chi connectivity index (χ1v) is 7.93. The number of H-pyrrole nitrogens is 1. The van der Waals surface area contributed by atoms with Crippen molar-refractivity contribution in [3.05, 3.63) is 42.1 Å². The molecule has 0 aliphatic carbocycles. The van der Waals surface area contributed by atoms with E-state index < -0.39 is 5.97 Å². The zero-order valence-electron chi connectivity index (χ0n) is 12.3. The first kappa shape index (κ1) is 19.8. The van der Waals surface area contributed by atoms with Crippen molar-refractivity contribution in [1.29, 1.82) is 0 Å². The van der Waals surface area contributed by atoms with Gasteiger partial charge in [-0.25, -0.2) is 0 Å². The van der Waals surface area contributed by atoms with Crippen molar-refractivity contribution in [2.75, 3.05) is 12.3 Å². The van der Waals surface area contributed by atoms with E-state index in [-0.39, 0.29) is 42.2 Å². The maximum Gasteiger partial charge on any atom is 0.323 e. The summed E-state index contributed by atoms with van der Waals surface area (Å²) in [5.41, 5.74) is 2.40. The standard InChI is InChI=1S/C10H10N.C5H5NO3S2.HI/c1-8-6-7-9-4-2-3-5-10(9)11-8;7-3-2-11-5(10)6(3)1-4(8)9;/h2-7,11H,1H3;1-2H2,(H,8,9);1H/q+1;;/p-1. The van der Waals surface area contributed by atoms with Crippen molar-refractivity contribution in [2.45, 2.75) is 6.92 Å². The highest BCUT2D eigenvalue weighted by atomic mass is 127. The fourth-order valence-electron chi connectivity index (χ4n) is 1.89. The Balaban J connectivity index is 0.000000220. The third-order valence-electron chi connectivity index (χ3n) is 2.94. The topological polar surface area (TPSA) is 73.4 Å². The Morgan fingerprint density at radius 2 is 2.13 bits per heavy atom. The van der Waals surface area contributed by atoms with Gasteiger partial charge in [-0.05, 0) is 12.1 Å². The molecule has 1 aliphatic rings. The lowest BCUT2D eigenvalue weighted by Crippen LogP contribution is -3.00. The molecule has 1 aliphatic heterocycles. The molecular weight excluding hydrogens is 447 g/mol. The van der Waals surface area contributed by atoms with Crippen LogP contribution in [-0.2, 0) is 9.59 Å². The van der Waals surface area contributed by atoms with Crippen LogP contribution in [0.5, 0.6) is 0 Å². The molecule has 2 aromatic rings. The Morgan fingerprint density at radius 1 is 1.43 bits per heavy atom. The highest BCUT2D eigenvalue weighted by molar-refractivity contribution is 8.23. The maximum atomic E-state index is 10.9. The predicted octanol–water partition coefficient (Wildman–Crippen LogP) is -0.307. The molecule has 122 valence electrons. The van der Waals surface area contributed by atoms with Gasteiger partial charge in [0, 0.05) is 19.1 Å². The van der Waals surface area contributed by atoms with E-state index in [1.807, 2.05) is 12.1 Å². The third-order valence-corrected chi connectivity index (χ3v) is 4.37. The zero-order chi connectivity index (χ0) is 16.1. The van der Waals surface area contributed by atoms with E-state index >= 15 is 0 Å². The predicted molar refractivity (Wildman–Crippen MR) is 91.8 cm³/mol. The van der Waals surface area contributed by atoms with Gasteiger partial charge in [-0.15, -0.1) is 0 Å². The van der Waals surface area contributed by atoms with Crippen LogP contribution in [0.15, 0.2) is 36.4 Å². The quantitative estimate of drug-likeness (QED) is 0.364. The summed E-state index contributed by atoms with van der Waals surface area (Å²) in [7, 11) is 0. The molecule has 0 atom stereocenters. The first-order valence-electron chi connectivity index (χ1n) is 6.54. The number of aromatic amines is 1. The number of amides is 1. The number of aliphatic carboxylic acids is 1. The minimum Gasteiger partial charge on any atom is -1.00 e. The number of carboxylic acids is 1. The molecule has 2 N–H and O–H groups in total. The van der Waals surface area contributed by atoms with Crippen LogP contribution in [0.4, 0.5) is 0 Å². The van der Waals surface area contributed by atoms with Crippen molar-refractivity contribution in [1.82, 2.24) is 9.88 Å². The highest BCUT2D eigenvalue weighted by Crippen LogP contribution is 2.18. The van der Waals surface area contributed by atoms with Crippen LogP contribution in [0.2, 0.25) is 0 Å². The van der Waals surface area contributed by atoms with Gasteiger partial charge in [0.1, 0.15) is 27.5 Å². The van der Waals surface area contributed by atoms with Gasteiger partial charge in [-0.2, -0.15) is 0 Å². The number of carbonyl (C=O) groups excluding carboxylic acids is 1. The van der Waals surface area contributed by atoms with E-state index in [1.165, 1.54) is 28.4 Å². The van der Waals surface area contributed by atoms with E-state index in [1.54, 1.807) is 0 Å². The Kier molecular flexibility index (Phi) is 7.86. The smallest absolute Gasteiger partial charge is 0.323 e. The molecule has 5 nitrogen and oxygen atoms in total. The second kappa shape index (κ2) is 9.14. The van der Waals surface area contributed by atoms with Crippen LogP contribution in [0.3, 0.4) is 0 Å². The number of aromatic nitrogens is 1. The SMILES string of the molecule is C[c+]1ccc2ccccc2[nH]1.O=C(O)CN1C(=O)CSC1=S.[I-]. The van der Waals surface area contributed by atoms with Crippen LogP contribution in [0, 0.1) is 6.92 Å². The number of thioether (sulfide) groups is 1. The number of hydrogen-bond acceptors (Lipinski definition) is 4. The fourth-order valence-corrected chi connectivity index (χ4v) is 2.96. The van der Waals surface area contributed by atoms with Crippen LogP contribution in [0.1, 0.15) is 5.69 Å². The van der Waals surface area contributed by atoms with Crippen molar-refractivity contribution in [3.63, 3.8) is 0 Å². The van der Waals surface area contributed by atoms with E-state index in [0.29, 0.717) is 4.32 Å². The van der Waals surface area contributed by atoms with Crippen LogP contribution >= 0.6 is 24.0 Å². The van der Waals surface area contributed by atoms with E-state index in [4.69, 9.17) is 17.3 Å². The van der Waals surface area contributed by atoms with Crippen LogP contribution in [-0.4, -0.2) is 43.5 Å². The number of benzene rings is 1. The summed E-state index contributed by atoms with van der Waals surface area (Å²) in [5, 5.41) is 9.61. The molecule has 1 aromatic heterocycles. The van der Waals surface area contributed by atoms with Gasteiger partial charge in [0.2, 0.25) is 5.91 Å². The molecule has 1 fully saturated rings. The van der Waals surface area contributed by atoms with Crippen molar-refractivity contribution in [2.24, 2.45) is 0 Å². The minimum absolute atomic E-state index is 0. The number of halogens is 1. The molecule has 0 saturated carbocycles. The van der Waals surface area contributed by atoms with Gasteiger partial charge >= 0.3 is 5.97 Å². The fraction of sp³-hybridized carbons (Fsp3) is 0.200. The number of hydrogen-bond donors (Lipinski definition) is 2. The summed E-state index contributed by atoms with van der Waals surface area (Å²) in [6.07, 6.45) is 0. The highest BCUT2D eigenvalue weighted by Gasteiger charge is 2.27. The molecular formula is C15H15IN2O3S2. The number of thiocarbonyl (C=S) groups is 1. The van der Waals surface area contributed by atoms with Crippen LogP contribution < -0.4 is 24.0 Å². The van der Waals surface area contributed by atoms with Crippen molar-refractivity contribution < 1.29 is 38.7 Å². The molecule has 3 rings (SSSR count). The lowest BCUT2D eigenvalue weighted by atomic mass is 10.2. The Morgan fingerprint density at radius 3 is 2.74 bits per heavy atom. The number of carboxylic acid groups (broad SMARTS) is 1. The molecule has 0 unspecified atom stereocenters. The third kappa shape index (κ3) is 5.70. The Bertz CT molecular complexity index is 723. The normalized spacial score (nSPS) is 13.3. The van der Waals surface area contributed by atoms with Gasteiger partial charge in [0.25, 0.3) is 0 Å². The average molecular weight is 462 g/mol. The Hall–Kier alpha value is -1.26. The second-order valence-corrected chi connectivity index (χ2v) is 6.27. The number of aryl methyl sites for hydroxylation is 1. The average Bonchev–Trinajstić information content (AvgIpc) is 2.79. The molecule has 2 heterocycles. The van der Waals surface area contributed by atoms with E-state index in [9.17, 15) is 9.59 Å². The molecule has 23 heavy (non-hydrogen) atoms.